The van der Waals surface area contributed by atoms with Crippen molar-refractivity contribution in [1.29, 1.82) is 0 Å². The minimum atomic E-state index is -0.127. The van der Waals surface area contributed by atoms with Crippen LogP contribution in [-0.2, 0) is 0 Å². The van der Waals surface area contributed by atoms with Crippen molar-refractivity contribution in [3.8, 4) is 0 Å². The number of carbonyl (C=O) groups excluding carboxylic acids is 1. The van der Waals surface area contributed by atoms with E-state index in [9.17, 15) is 4.79 Å². The number of unbranched alkanes of at least 4 members (excludes halogenated alkanes) is 1. The van der Waals surface area contributed by atoms with Crippen LogP contribution in [-0.4, -0.2) is 52.5 Å². The Morgan fingerprint density at radius 1 is 1.61 bits per heavy atom. The van der Waals surface area contributed by atoms with Crippen LogP contribution in [0.15, 0.2) is 6.20 Å². The van der Waals surface area contributed by atoms with Gasteiger partial charge in [0.15, 0.2) is 5.69 Å². The molecular weight excluding hydrogens is 250 g/mol. The fourth-order valence-electron chi connectivity index (χ4n) is 1.68. The molecule has 1 fully saturated rings. The van der Waals surface area contributed by atoms with Gasteiger partial charge in [0.05, 0.1) is 12.2 Å². The molecule has 1 aliphatic heterocycles. The SMILES string of the molecule is CSCCCCNC(=O)c1cn(C2CNC2)nn1. The lowest BCUT2D eigenvalue weighted by atomic mass is 10.2. The van der Waals surface area contributed by atoms with E-state index in [1.165, 1.54) is 0 Å². The maximum atomic E-state index is 11.8. The summed E-state index contributed by atoms with van der Waals surface area (Å²) in [6.07, 6.45) is 5.95. The summed E-state index contributed by atoms with van der Waals surface area (Å²) < 4.78 is 1.76. The van der Waals surface area contributed by atoms with Gasteiger partial charge in [-0.1, -0.05) is 5.21 Å². The first kappa shape index (κ1) is 13.4. The van der Waals surface area contributed by atoms with Gasteiger partial charge in [-0.25, -0.2) is 4.68 Å². The number of nitrogens with zero attached hydrogens (tertiary/aromatic N) is 3. The fraction of sp³-hybridized carbons (Fsp3) is 0.727. The van der Waals surface area contributed by atoms with Crippen LogP contribution in [0.2, 0.25) is 0 Å². The molecule has 1 aromatic heterocycles. The van der Waals surface area contributed by atoms with E-state index < -0.39 is 0 Å². The molecule has 0 bridgehead atoms. The Labute approximate surface area is 111 Å². The van der Waals surface area contributed by atoms with E-state index in [1.54, 1.807) is 10.9 Å². The van der Waals surface area contributed by atoms with Gasteiger partial charge >= 0.3 is 0 Å². The zero-order chi connectivity index (χ0) is 12.8. The smallest absolute Gasteiger partial charge is 0.273 e. The van der Waals surface area contributed by atoms with E-state index in [1.807, 2.05) is 11.8 Å². The molecule has 0 atom stereocenters. The third kappa shape index (κ3) is 3.46. The van der Waals surface area contributed by atoms with Crippen LogP contribution in [0.4, 0.5) is 0 Å². The number of nitrogens with one attached hydrogen (secondary N) is 2. The molecule has 1 aliphatic rings. The maximum absolute atomic E-state index is 11.8. The van der Waals surface area contributed by atoms with Crippen molar-refractivity contribution < 1.29 is 4.79 Å². The predicted molar refractivity (Wildman–Crippen MR) is 71.9 cm³/mol. The first-order valence-electron chi connectivity index (χ1n) is 6.21. The highest BCUT2D eigenvalue weighted by atomic mass is 32.2. The van der Waals surface area contributed by atoms with Crippen molar-refractivity contribution >= 4 is 17.7 Å². The molecule has 0 spiro atoms. The van der Waals surface area contributed by atoms with Gasteiger partial charge in [-0.15, -0.1) is 5.10 Å². The molecule has 0 saturated carbocycles. The van der Waals surface area contributed by atoms with Gasteiger partial charge in [0.2, 0.25) is 0 Å². The van der Waals surface area contributed by atoms with Gasteiger partial charge < -0.3 is 10.6 Å². The van der Waals surface area contributed by atoms with Crippen LogP contribution < -0.4 is 10.6 Å². The highest BCUT2D eigenvalue weighted by Crippen LogP contribution is 2.09. The molecule has 6 nitrogen and oxygen atoms in total. The number of aromatic nitrogens is 3. The molecule has 0 aromatic carbocycles. The molecule has 1 saturated heterocycles. The largest absolute Gasteiger partial charge is 0.351 e. The van der Waals surface area contributed by atoms with Crippen molar-refractivity contribution in [3.05, 3.63) is 11.9 Å². The van der Waals surface area contributed by atoms with Crippen molar-refractivity contribution in [2.24, 2.45) is 0 Å². The zero-order valence-corrected chi connectivity index (χ0v) is 11.4. The van der Waals surface area contributed by atoms with Gasteiger partial charge in [-0.3, -0.25) is 4.79 Å². The van der Waals surface area contributed by atoms with Gasteiger partial charge in [0, 0.05) is 19.6 Å². The minimum absolute atomic E-state index is 0.127. The summed E-state index contributed by atoms with van der Waals surface area (Å²) in [5.41, 5.74) is 0.409. The molecule has 0 unspecified atom stereocenters. The average molecular weight is 269 g/mol. The standard InChI is InChI=1S/C11H19N5OS/c1-18-5-3-2-4-13-11(17)10-8-16(15-14-10)9-6-12-7-9/h8-9,12H,2-7H2,1H3,(H,13,17). The van der Waals surface area contributed by atoms with Crippen LogP contribution >= 0.6 is 11.8 Å². The quantitative estimate of drug-likeness (QED) is 0.696. The summed E-state index contributed by atoms with van der Waals surface area (Å²) in [7, 11) is 0. The van der Waals surface area contributed by atoms with Crippen molar-refractivity contribution in [1.82, 2.24) is 25.6 Å². The van der Waals surface area contributed by atoms with Crippen LogP contribution in [0.1, 0.15) is 29.4 Å². The highest BCUT2D eigenvalue weighted by molar-refractivity contribution is 7.98. The molecule has 2 N–H and O–H groups in total. The molecule has 0 aliphatic carbocycles. The average Bonchev–Trinajstić information content (AvgIpc) is 2.75. The summed E-state index contributed by atoms with van der Waals surface area (Å²) in [5.74, 6) is 1.01. The number of amides is 1. The van der Waals surface area contributed by atoms with E-state index in [2.05, 4.69) is 27.2 Å². The maximum Gasteiger partial charge on any atom is 0.273 e. The number of carbonyl (C=O) groups is 1. The third-order valence-corrected chi connectivity index (χ3v) is 3.63. The van der Waals surface area contributed by atoms with Crippen LogP contribution in [0.3, 0.4) is 0 Å². The topological polar surface area (TPSA) is 71.8 Å². The molecule has 18 heavy (non-hydrogen) atoms. The Morgan fingerprint density at radius 3 is 3.11 bits per heavy atom. The molecule has 0 radical (unpaired) electrons. The number of thioether (sulfide) groups is 1. The lowest BCUT2D eigenvalue weighted by molar-refractivity contribution is 0.0948. The molecule has 1 aromatic rings. The van der Waals surface area contributed by atoms with Crippen molar-refractivity contribution in [2.45, 2.75) is 18.9 Å². The number of hydrogen-bond acceptors (Lipinski definition) is 5. The lowest BCUT2D eigenvalue weighted by Gasteiger charge is -2.26. The molecule has 2 heterocycles. The minimum Gasteiger partial charge on any atom is -0.351 e. The van der Waals surface area contributed by atoms with E-state index in [0.717, 1.165) is 31.7 Å². The Bertz CT molecular complexity index is 391. The molecule has 100 valence electrons. The van der Waals surface area contributed by atoms with Crippen molar-refractivity contribution in [3.63, 3.8) is 0 Å². The summed E-state index contributed by atoms with van der Waals surface area (Å²) in [5, 5.41) is 13.9. The Hall–Kier alpha value is -1.08. The Kier molecular flexibility index (Phi) is 5.00. The second-order valence-corrected chi connectivity index (χ2v) is 5.34. The zero-order valence-electron chi connectivity index (χ0n) is 10.6. The number of rotatable bonds is 7. The summed E-state index contributed by atoms with van der Waals surface area (Å²) >= 11 is 1.83. The molecular formula is C11H19N5OS. The van der Waals surface area contributed by atoms with Crippen molar-refractivity contribution in [2.75, 3.05) is 31.6 Å². The van der Waals surface area contributed by atoms with E-state index in [4.69, 9.17) is 0 Å². The summed E-state index contributed by atoms with van der Waals surface area (Å²) in [6, 6.07) is 0.348. The predicted octanol–water partition coefficient (Wildman–Crippen LogP) is 0.295. The lowest BCUT2D eigenvalue weighted by Crippen LogP contribution is -2.43. The van der Waals surface area contributed by atoms with Gasteiger partial charge in [-0.2, -0.15) is 11.8 Å². The normalized spacial score (nSPS) is 15.4. The molecule has 1 amide bonds. The van der Waals surface area contributed by atoms with E-state index >= 15 is 0 Å². The highest BCUT2D eigenvalue weighted by Gasteiger charge is 2.21. The molecule has 2 rings (SSSR count). The first-order valence-corrected chi connectivity index (χ1v) is 7.60. The van der Waals surface area contributed by atoms with Gasteiger partial charge in [0.1, 0.15) is 0 Å². The molecule has 7 heteroatoms. The van der Waals surface area contributed by atoms with Crippen LogP contribution in [0, 0.1) is 0 Å². The monoisotopic (exact) mass is 269 g/mol. The Balaban J connectivity index is 1.72. The van der Waals surface area contributed by atoms with Gasteiger partial charge in [0.25, 0.3) is 5.91 Å². The number of hydrogen-bond donors (Lipinski definition) is 2. The fourth-order valence-corrected chi connectivity index (χ4v) is 2.18. The summed E-state index contributed by atoms with van der Waals surface area (Å²) in [4.78, 5) is 11.8. The van der Waals surface area contributed by atoms with E-state index in [0.29, 0.717) is 18.3 Å². The van der Waals surface area contributed by atoms with Crippen LogP contribution in [0.5, 0.6) is 0 Å². The Morgan fingerprint density at radius 2 is 2.44 bits per heavy atom. The second-order valence-electron chi connectivity index (χ2n) is 4.35. The van der Waals surface area contributed by atoms with Crippen LogP contribution in [0.25, 0.3) is 0 Å². The second kappa shape index (κ2) is 6.75. The van der Waals surface area contributed by atoms with Gasteiger partial charge in [-0.05, 0) is 24.9 Å². The van der Waals surface area contributed by atoms with E-state index in [-0.39, 0.29) is 5.91 Å². The summed E-state index contributed by atoms with van der Waals surface area (Å²) in [6.45, 7) is 2.51. The third-order valence-electron chi connectivity index (χ3n) is 2.94. The first-order chi connectivity index (χ1) is 8.81.